The third kappa shape index (κ3) is 7.26. The Bertz CT molecular complexity index is 634. The van der Waals surface area contributed by atoms with Crippen LogP contribution >= 0.6 is 0 Å². The van der Waals surface area contributed by atoms with Crippen LogP contribution in [0.4, 0.5) is 0 Å². The average molecular weight is 405 g/mol. The van der Waals surface area contributed by atoms with Gasteiger partial charge in [-0.25, -0.2) is 0 Å². The number of aliphatic imine (C=N–C) groups is 1. The molecule has 1 atom stereocenters. The molecule has 2 fully saturated rings. The van der Waals surface area contributed by atoms with Crippen LogP contribution in [-0.2, 0) is 27.3 Å². The van der Waals surface area contributed by atoms with Crippen LogP contribution in [-0.4, -0.2) is 89.1 Å². The van der Waals surface area contributed by atoms with Crippen molar-refractivity contribution in [1.29, 1.82) is 0 Å². The standard InChI is InChI=1S/C22H36N4O3/c1-23-22(26-7-6-21(17-26)18-29-13-12-27-2)24-15-19-4-3-5-20(14-19)16-25-8-10-28-11-9-25/h3-5,14,21H,6-13,15-18H2,1-2H3,(H,23,24). The zero-order valence-corrected chi connectivity index (χ0v) is 17.9. The molecule has 2 heterocycles. The summed E-state index contributed by atoms with van der Waals surface area (Å²) in [5, 5.41) is 3.54. The number of methoxy groups -OCH3 is 1. The van der Waals surface area contributed by atoms with Gasteiger partial charge in [0.05, 0.1) is 33.0 Å². The lowest BCUT2D eigenvalue weighted by Crippen LogP contribution is -2.40. The molecule has 2 saturated heterocycles. The molecule has 7 heteroatoms. The van der Waals surface area contributed by atoms with Crippen molar-refractivity contribution >= 4 is 5.96 Å². The zero-order valence-electron chi connectivity index (χ0n) is 17.9. The lowest BCUT2D eigenvalue weighted by Gasteiger charge is -2.26. The van der Waals surface area contributed by atoms with Crippen molar-refractivity contribution in [2.75, 3.05) is 73.4 Å². The summed E-state index contributed by atoms with van der Waals surface area (Å²) in [5.41, 5.74) is 2.64. The summed E-state index contributed by atoms with van der Waals surface area (Å²) in [6.07, 6.45) is 1.14. The minimum Gasteiger partial charge on any atom is -0.382 e. The maximum Gasteiger partial charge on any atom is 0.193 e. The van der Waals surface area contributed by atoms with E-state index < -0.39 is 0 Å². The summed E-state index contributed by atoms with van der Waals surface area (Å²) in [6.45, 7) is 9.61. The number of ether oxygens (including phenoxy) is 3. The van der Waals surface area contributed by atoms with Crippen molar-refractivity contribution in [1.82, 2.24) is 15.1 Å². The fourth-order valence-corrected chi connectivity index (χ4v) is 3.92. The maximum absolute atomic E-state index is 5.70. The molecule has 1 aromatic rings. The van der Waals surface area contributed by atoms with Gasteiger partial charge >= 0.3 is 0 Å². The summed E-state index contributed by atoms with van der Waals surface area (Å²) in [4.78, 5) is 9.28. The Balaban J connectivity index is 1.44. The molecule has 1 N–H and O–H groups in total. The molecule has 0 radical (unpaired) electrons. The lowest BCUT2D eigenvalue weighted by molar-refractivity contribution is 0.0342. The molecule has 0 aromatic heterocycles. The first kappa shape index (κ1) is 22.0. The average Bonchev–Trinajstić information content (AvgIpc) is 3.21. The highest BCUT2D eigenvalue weighted by molar-refractivity contribution is 5.80. The highest BCUT2D eigenvalue weighted by atomic mass is 16.5. The Hall–Kier alpha value is -1.67. The van der Waals surface area contributed by atoms with Crippen LogP contribution in [0.25, 0.3) is 0 Å². The Morgan fingerprint density at radius 1 is 1.21 bits per heavy atom. The van der Waals surface area contributed by atoms with E-state index in [1.165, 1.54) is 11.1 Å². The molecule has 1 unspecified atom stereocenters. The first-order chi connectivity index (χ1) is 14.3. The summed E-state index contributed by atoms with van der Waals surface area (Å²) in [5.74, 6) is 1.53. The van der Waals surface area contributed by atoms with Gasteiger partial charge in [-0.3, -0.25) is 9.89 Å². The summed E-state index contributed by atoms with van der Waals surface area (Å²) >= 11 is 0. The molecule has 0 amide bonds. The van der Waals surface area contributed by atoms with E-state index >= 15 is 0 Å². The minimum absolute atomic E-state index is 0.558. The zero-order chi connectivity index (χ0) is 20.3. The van der Waals surface area contributed by atoms with E-state index in [2.05, 4.69) is 44.4 Å². The van der Waals surface area contributed by atoms with E-state index in [0.29, 0.717) is 19.1 Å². The van der Waals surface area contributed by atoms with Crippen LogP contribution in [0.2, 0.25) is 0 Å². The highest BCUT2D eigenvalue weighted by Gasteiger charge is 2.24. The van der Waals surface area contributed by atoms with Crippen molar-refractivity contribution < 1.29 is 14.2 Å². The highest BCUT2D eigenvalue weighted by Crippen LogP contribution is 2.17. The molecule has 3 rings (SSSR count). The third-order valence-electron chi connectivity index (χ3n) is 5.53. The smallest absolute Gasteiger partial charge is 0.193 e. The van der Waals surface area contributed by atoms with Crippen molar-refractivity contribution in [2.24, 2.45) is 10.9 Å². The van der Waals surface area contributed by atoms with Gasteiger partial charge in [-0.15, -0.1) is 0 Å². The van der Waals surface area contributed by atoms with Crippen molar-refractivity contribution in [3.8, 4) is 0 Å². The predicted octanol–water partition coefficient (Wildman–Crippen LogP) is 1.58. The van der Waals surface area contributed by atoms with Gasteiger partial charge in [0.2, 0.25) is 0 Å². The van der Waals surface area contributed by atoms with E-state index in [9.17, 15) is 0 Å². The summed E-state index contributed by atoms with van der Waals surface area (Å²) in [6, 6.07) is 8.84. The van der Waals surface area contributed by atoms with Gasteiger partial charge in [-0.1, -0.05) is 24.3 Å². The van der Waals surface area contributed by atoms with Crippen LogP contribution in [0.5, 0.6) is 0 Å². The quantitative estimate of drug-likeness (QED) is 0.383. The van der Waals surface area contributed by atoms with E-state index in [4.69, 9.17) is 14.2 Å². The van der Waals surface area contributed by atoms with E-state index in [1.54, 1.807) is 7.11 Å². The SMILES string of the molecule is CN=C(NCc1cccc(CN2CCOCC2)c1)N1CCC(COCCOC)C1. The van der Waals surface area contributed by atoms with Gasteiger partial charge in [0.1, 0.15) is 0 Å². The van der Waals surface area contributed by atoms with Crippen LogP contribution in [0, 0.1) is 5.92 Å². The van der Waals surface area contributed by atoms with Gasteiger partial charge in [0.25, 0.3) is 0 Å². The molecule has 29 heavy (non-hydrogen) atoms. The van der Waals surface area contributed by atoms with Crippen molar-refractivity contribution in [2.45, 2.75) is 19.5 Å². The van der Waals surface area contributed by atoms with E-state index in [-0.39, 0.29) is 0 Å². The number of benzene rings is 1. The molecule has 2 aliphatic rings. The molecule has 2 aliphatic heterocycles. The van der Waals surface area contributed by atoms with Gasteiger partial charge in [0, 0.05) is 59.3 Å². The van der Waals surface area contributed by atoms with Crippen LogP contribution in [0.1, 0.15) is 17.5 Å². The number of nitrogens with one attached hydrogen (secondary N) is 1. The topological polar surface area (TPSA) is 58.6 Å². The van der Waals surface area contributed by atoms with E-state index in [0.717, 1.165) is 71.5 Å². The monoisotopic (exact) mass is 404 g/mol. The van der Waals surface area contributed by atoms with Gasteiger partial charge in [-0.2, -0.15) is 0 Å². The summed E-state index contributed by atoms with van der Waals surface area (Å²) < 4.78 is 16.2. The fraction of sp³-hybridized carbons (Fsp3) is 0.682. The van der Waals surface area contributed by atoms with Crippen LogP contribution in [0.3, 0.4) is 0 Å². The molecule has 1 aromatic carbocycles. The molecule has 0 spiro atoms. The number of guanidine groups is 1. The first-order valence-electron chi connectivity index (χ1n) is 10.7. The second-order valence-corrected chi connectivity index (χ2v) is 7.78. The second kappa shape index (κ2) is 12.1. The molecule has 162 valence electrons. The first-order valence-corrected chi connectivity index (χ1v) is 10.7. The van der Waals surface area contributed by atoms with Gasteiger partial charge in [0.15, 0.2) is 5.96 Å². The second-order valence-electron chi connectivity index (χ2n) is 7.78. The number of hydrogen-bond acceptors (Lipinski definition) is 5. The lowest BCUT2D eigenvalue weighted by atomic mass is 10.1. The van der Waals surface area contributed by atoms with Gasteiger partial charge < -0.3 is 24.4 Å². The molecule has 0 bridgehead atoms. The number of rotatable bonds is 9. The normalized spacial score (nSPS) is 21.0. The largest absolute Gasteiger partial charge is 0.382 e. The maximum atomic E-state index is 5.70. The van der Waals surface area contributed by atoms with Gasteiger partial charge in [-0.05, 0) is 17.5 Å². The van der Waals surface area contributed by atoms with Crippen molar-refractivity contribution in [3.63, 3.8) is 0 Å². The minimum atomic E-state index is 0.558. The Labute approximate surface area is 175 Å². The van der Waals surface area contributed by atoms with Crippen LogP contribution < -0.4 is 5.32 Å². The van der Waals surface area contributed by atoms with Crippen LogP contribution in [0.15, 0.2) is 29.3 Å². The predicted molar refractivity (Wildman–Crippen MR) is 115 cm³/mol. The Morgan fingerprint density at radius 3 is 2.83 bits per heavy atom. The Kier molecular flexibility index (Phi) is 9.21. The Morgan fingerprint density at radius 2 is 2.03 bits per heavy atom. The molecular weight excluding hydrogens is 368 g/mol. The number of hydrogen-bond donors (Lipinski definition) is 1. The van der Waals surface area contributed by atoms with Crippen molar-refractivity contribution in [3.05, 3.63) is 35.4 Å². The summed E-state index contributed by atoms with van der Waals surface area (Å²) in [7, 11) is 3.56. The fourth-order valence-electron chi connectivity index (χ4n) is 3.92. The number of likely N-dealkylation sites (tertiary alicyclic amines) is 1. The number of nitrogens with zero attached hydrogens (tertiary/aromatic N) is 3. The van der Waals surface area contributed by atoms with E-state index in [1.807, 2.05) is 7.05 Å². The molecule has 0 saturated carbocycles. The third-order valence-corrected chi connectivity index (χ3v) is 5.53. The molecular formula is C22H36N4O3. The molecule has 0 aliphatic carbocycles. The molecule has 7 nitrogen and oxygen atoms in total. The number of morpholine rings is 1.